The number of hydrogen-bond acceptors (Lipinski definition) is 2. The fraction of sp³-hybridized carbons (Fsp3) is 0.727. The van der Waals surface area contributed by atoms with Gasteiger partial charge in [0, 0.05) is 23.9 Å². The van der Waals surface area contributed by atoms with Crippen LogP contribution in [0.25, 0.3) is 0 Å². The fourth-order valence-corrected chi connectivity index (χ4v) is 1.98. The topological polar surface area (TPSA) is 40.5 Å². The molecule has 0 bridgehead atoms. The van der Waals surface area contributed by atoms with Crippen molar-refractivity contribution in [3.05, 3.63) is 0 Å². The predicted molar refractivity (Wildman–Crippen MR) is 52.7 cm³/mol. The number of nitrogens with zero attached hydrogens (tertiary/aromatic N) is 1. The van der Waals surface area contributed by atoms with Crippen molar-refractivity contribution in [1.29, 1.82) is 0 Å². The normalized spacial score (nSPS) is 30.4. The molecule has 0 spiro atoms. The van der Waals surface area contributed by atoms with Crippen LogP contribution in [-0.2, 0) is 4.79 Å². The molecule has 0 heterocycles. The standard InChI is InChI=1S/C11H15NO2/c1-12(9-3-4-9)10-6-8(7-10)2-5-11(13)14/h8-10H,3-4,6-7H2,1H3,(H,13,14). The first kappa shape index (κ1) is 9.54. The molecular formula is C11H15NO2. The van der Waals surface area contributed by atoms with E-state index in [1.807, 2.05) is 0 Å². The highest BCUT2D eigenvalue weighted by Gasteiger charge is 2.37. The van der Waals surface area contributed by atoms with E-state index in [1.165, 1.54) is 12.8 Å². The molecule has 14 heavy (non-hydrogen) atoms. The second-order valence-electron chi connectivity index (χ2n) is 4.29. The molecule has 2 aliphatic rings. The molecule has 0 saturated heterocycles. The summed E-state index contributed by atoms with van der Waals surface area (Å²) in [4.78, 5) is 12.6. The van der Waals surface area contributed by atoms with E-state index in [0.717, 1.165) is 18.9 Å². The van der Waals surface area contributed by atoms with E-state index in [9.17, 15) is 4.79 Å². The third-order valence-corrected chi connectivity index (χ3v) is 3.20. The predicted octanol–water partition coefficient (Wildman–Crippen LogP) is 0.947. The lowest BCUT2D eigenvalue weighted by Gasteiger charge is -2.39. The van der Waals surface area contributed by atoms with E-state index in [2.05, 4.69) is 23.8 Å². The quantitative estimate of drug-likeness (QED) is 0.664. The molecule has 2 fully saturated rings. The molecule has 0 aromatic carbocycles. The highest BCUT2D eigenvalue weighted by molar-refractivity contribution is 5.86. The Kier molecular flexibility index (Phi) is 2.47. The summed E-state index contributed by atoms with van der Waals surface area (Å²) in [6, 6.07) is 1.45. The molecule has 3 heteroatoms. The van der Waals surface area contributed by atoms with Gasteiger partial charge in [-0.2, -0.15) is 0 Å². The Hall–Kier alpha value is -1.01. The molecule has 0 aromatic rings. The number of rotatable bonds is 2. The Morgan fingerprint density at radius 1 is 1.36 bits per heavy atom. The first-order chi connectivity index (χ1) is 6.66. The smallest absolute Gasteiger partial charge is 0.381 e. The average Bonchev–Trinajstić information content (AvgIpc) is 2.82. The van der Waals surface area contributed by atoms with Gasteiger partial charge in [0.05, 0.1) is 0 Å². The Bertz CT molecular complexity index is 292. The molecule has 3 nitrogen and oxygen atoms in total. The van der Waals surface area contributed by atoms with E-state index in [-0.39, 0.29) is 0 Å². The number of aliphatic carboxylic acids is 1. The zero-order chi connectivity index (χ0) is 10.1. The third-order valence-electron chi connectivity index (χ3n) is 3.20. The van der Waals surface area contributed by atoms with Crippen molar-refractivity contribution >= 4 is 5.97 Å². The van der Waals surface area contributed by atoms with E-state index < -0.39 is 5.97 Å². The van der Waals surface area contributed by atoms with Crippen LogP contribution in [0.1, 0.15) is 25.7 Å². The van der Waals surface area contributed by atoms with Crippen LogP contribution in [0.3, 0.4) is 0 Å². The zero-order valence-electron chi connectivity index (χ0n) is 8.36. The summed E-state index contributed by atoms with van der Waals surface area (Å²) in [7, 11) is 2.17. The van der Waals surface area contributed by atoms with Gasteiger partial charge < -0.3 is 10.0 Å². The van der Waals surface area contributed by atoms with Gasteiger partial charge in [-0.15, -0.1) is 0 Å². The molecule has 0 unspecified atom stereocenters. The van der Waals surface area contributed by atoms with Crippen molar-refractivity contribution in [2.24, 2.45) is 5.92 Å². The minimum Gasteiger partial charge on any atom is -0.472 e. The first-order valence-electron chi connectivity index (χ1n) is 5.13. The van der Waals surface area contributed by atoms with Crippen molar-refractivity contribution in [2.45, 2.75) is 37.8 Å². The Labute approximate surface area is 84.1 Å². The van der Waals surface area contributed by atoms with Gasteiger partial charge in [0.2, 0.25) is 0 Å². The lowest BCUT2D eigenvalue weighted by molar-refractivity contribution is -0.130. The van der Waals surface area contributed by atoms with Gasteiger partial charge in [0.15, 0.2) is 0 Å². The number of carbonyl (C=O) groups is 1. The third kappa shape index (κ3) is 2.08. The number of hydrogen-bond donors (Lipinski definition) is 1. The molecular weight excluding hydrogens is 178 g/mol. The summed E-state index contributed by atoms with van der Waals surface area (Å²) in [5, 5.41) is 8.37. The SMILES string of the molecule is CN(C1CC1)C1CC(C#CC(=O)O)C1. The van der Waals surface area contributed by atoms with Crippen LogP contribution in [0.2, 0.25) is 0 Å². The highest BCUT2D eigenvalue weighted by atomic mass is 16.4. The molecule has 1 N–H and O–H groups in total. The fourth-order valence-electron chi connectivity index (χ4n) is 1.98. The molecule has 0 aliphatic heterocycles. The minimum atomic E-state index is -1.01. The van der Waals surface area contributed by atoms with Crippen molar-refractivity contribution in [3.8, 4) is 11.8 Å². The van der Waals surface area contributed by atoms with Crippen molar-refractivity contribution in [1.82, 2.24) is 4.90 Å². The summed E-state index contributed by atoms with van der Waals surface area (Å²) in [5.41, 5.74) is 0. The monoisotopic (exact) mass is 193 g/mol. The number of carboxylic acids is 1. The highest BCUT2D eigenvalue weighted by Crippen LogP contribution is 2.36. The van der Waals surface area contributed by atoms with Gasteiger partial charge in [0.1, 0.15) is 0 Å². The van der Waals surface area contributed by atoms with Gasteiger partial charge >= 0.3 is 5.97 Å². The molecule has 76 valence electrons. The van der Waals surface area contributed by atoms with Crippen molar-refractivity contribution < 1.29 is 9.90 Å². The van der Waals surface area contributed by atoms with Gasteiger partial charge in [-0.1, -0.05) is 5.92 Å². The molecule has 0 atom stereocenters. The minimum absolute atomic E-state index is 0.317. The van der Waals surface area contributed by atoms with Gasteiger partial charge in [-0.3, -0.25) is 0 Å². The summed E-state index contributed by atoms with van der Waals surface area (Å²) >= 11 is 0. The van der Waals surface area contributed by atoms with Crippen LogP contribution in [0, 0.1) is 17.8 Å². The maximum absolute atomic E-state index is 10.2. The summed E-state index contributed by atoms with van der Waals surface area (Å²) in [5.74, 6) is 4.29. The Morgan fingerprint density at radius 3 is 2.50 bits per heavy atom. The second-order valence-corrected chi connectivity index (χ2v) is 4.29. The van der Waals surface area contributed by atoms with Gasteiger partial charge in [-0.25, -0.2) is 4.79 Å². The van der Waals surface area contributed by atoms with E-state index in [0.29, 0.717) is 12.0 Å². The largest absolute Gasteiger partial charge is 0.472 e. The van der Waals surface area contributed by atoms with E-state index >= 15 is 0 Å². The summed E-state index contributed by atoms with van der Waals surface area (Å²) in [6.45, 7) is 0. The van der Waals surface area contributed by atoms with E-state index in [1.54, 1.807) is 0 Å². The van der Waals surface area contributed by atoms with Gasteiger partial charge in [0.25, 0.3) is 0 Å². The lowest BCUT2D eigenvalue weighted by atomic mass is 9.80. The van der Waals surface area contributed by atoms with Gasteiger partial charge in [-0.05, 0) is 32.7 Å². The molecule has 2 rings (SSSR count). The Morgan fingerprint density at radius 2 is 2.00 bits per heavy atom. The number of carboxylic acid groups (broad SMARTS) is 1. The maximum atomic E-state index is 10.2. The van der Waals surface area contributed by atoms with Crippen LogP contribution in [-0.4, -0.2) is 35.1 Å². The molecule has 2 saturated carbocycles. The maximum Gasteiger partial charge on any atom is 0.381 e. The van der Waals surface area contributed by atoms with Crippen LogP contribution in [0.5, 0.6) is 0 Å². The average molecular weight is 193 g/mol. The van der Waals surface area contributed by atoms with Crippen LogP contribution in [0.15, 0.2) is 0 Å². The van der Waals surface area contributed by atoms with Crippen molar-refractivity contribution in [3.63, 3.8) is 0 Å². The summed E-state index contributed by atoms with van der Waals surface area (Å²) < 4.78 is 0. The van der Waals surface area contributed by atoms with Crippen molar-refractivity contribution in [2.75, 3.05) is 7.05 Å². The lowest BCUT2D eigenvalue weighted by Crippen LogP contribution is -2.43. The van der Waals surface area contributed by atoms with Crippen LogP contribution in [0.4, 0.5) is 0 Å². The molecule has 0 radical (unpaired) electrons. The van der Waals surface area contributed by atoms with Crippen LogP contribution < -0.4 is 0 Å². The van der Waals surface area contributed by atoms with Crippen LogP contribution >= 0.6 is 0 Å². The molecule has 0 amide bonds. The Balaban J connectivity index is 1.74. The first-order valence-corrected chi connectivity index (χ1v) is 5.13. The molecule has 2 aliphatic carbocycles. The second kappa shape index (κ2) is 3.62. The zero-order valence-corrected chi connectivity index (χ0v) is 8.36. The summed E-state index contributed by atoms with van der Waals surface area (Å²) in [6.07, 6.45) is 4.76. The molecule has 0 aromatic heterocycles. The van der Waals surface area contributed by atoms with E-state index in [4.69, 9.17) is 5.11 Å².